The normalized spacial score (nSPS) is 13.5. The summed E-state index contributed by atoms with van der Waals surface area (Å²) in [4.78, 5) is 10.8. The van der Waals surface area contributed by atoms with Gasteiger partial charge in [-0.25, -0.2) is 9.48 Å². The highest BCUT2D eigenvalue weighted by Crippen LogP contribution is 2.30. The second-order valence-electron chi connectivity index (χ2n) is 3.18. The van der Waals surface area contributed by atoms with Crippen LogP contribution in [0.3, 0.4) is 0 Å². The molecule has 2 heterocycles. The van der Waals surface area contributed by atoms with Gasteiger partial charge in [-0.1, -0.05) is 12.1 Å². The Morgan fingerprint density at radius 2 is 2.33 bits per heavy atom. The number of carboxylic acid groups (broad SMARTS) is 1. The number of carboxylic acids is 1. The molecule has 74 valence electrons. The lowest BCUT2D eigenvalue weighted by Crippen LogP contribution is -2.13. The SMILES string of the molecule is O=C(O)C1=Cn2ncc3cccc(c32)O1. The van der Waals surface area contributed by atoms with Crippen LogP contribution in [0.4, 0.5) is 0 Å². The zero-order valence-electron chi connectivity index (χ0n) is 7.54. The lowest BCUT2D eigenvalue weighted by atomic mass is 10.2. The lowest BCUT2D eigenvalue weighted by Gasteiger charge is -2.13. The van der Waals surface area contributed by atoms with Crippen molar-refractivity contribution in [3.8, 4) is 5.75 Å². The van der Waals surface area contributed by atoms with Crippen molar-refractivity contribution in [2.45, 2.75) is 0 Å². The molecule has 0 amide bonds. The van der Waals surface area contributed by atoms with Crippen molar-refractivity contribution in [2.24, 2.45) is 0 Å². The quantitative estimate of drug-likeness (QED) is 0.757. The van der Waals surface area contributed by atoms with Crippen molar-refractivity contribution in [3.63, 3.8) is 0 Å². The average Bonchev–Trinajstić information content (AvgIpc) is 2.64. The third kappa shape index (κ3) is 1.03. The van der Waals surface area contributed by atoms with Gasteiger partial charge in [-0.3, -0.25) is 0 Å². The van der Waals surface area contributed by atoms with Gasteiger partial charge in [0.1, 0.15) is 5.52 Å². The Labute approximate surface area is 84.2 Å². The van der Waals surface area contributed by atoms with E-state index in [2.05, 4.69) is 5.10 Å². The van der Waals surface area contributed by atoms with E-state index < -0.39 is 5.97 Å². The zero-order valence-corrected chi connectivity index (χ0v) is 7.54. The summed E-state index contributed by atoms with van der Waals surface area (Å²) in [5, 5.41) is 13.8. The third-order valence-corrected chi connectivity index (χ3v) is 2.25. The Morgan fingerprint density at radius 3 is 3.13 bits per heavy atom. The van der Waals surface area contributed by atoms with Gasteiger partial charge in [0.05, 0.1) is 12.4 Å². The summed E-state index contributed by atoms with van der Waals surface area (Å²) >= 11 is 0. The number of aliphatic carboxylic acids is 1. The van der Waals surface area contributed by atoms with Crippen LogP contribution in [0.25, 0.3) is 17.1 Å². The molecular weight excluding hydrogens is 196 g/mol. The number of carbonyl (C=O) groups is 1. The first-order valence-electron chi connectivity index (χ1n) is 4.35. The lowest BCUT2D eigenvalue weighted by molar-refractivity contribution is -0.134. The number of ether oxygens (including phenoxy) is 1. The van der Waals surface area contributed by atoms with Gasteiger partial charge in [0.25, 0.3) is 0 Å². The molecule has 0 saturated heterocycles. The van der Waals surface area contributed by atoms with Gasteiger partial charge >= 0.3 is 5.97 Å². The fraction of sp³-hybridized carbons (Fsp3) is 0. The predicted octanol–water partition coefficient (Wildman–Crippen LogP) is 1.31. The number of hydrogen-bond acceptors (Lipinski definition) is 3. The molecule has 5 nitrogen and oxygen atoms in total. The van der Waals surface area contributed by atoms with Crippen LogP contribution >= 0.6 is 0 Å². The van der Waals surface area contributed by atoms with E-state index in [0.29, 0.717) is 5.75 Å². The van der Waals surface area contributed by atoms with E-state index in [-0.39, 0.29) is 5.76 Å². The molecule has 0 aliphatic carbocycles. The van der Waals surface area contributed by atoms with Crippen LogP contribution in [0.2, 0.25) is 0 Å². The predicted molar refractivity (Wildman–Crippen MR) is 52.3 cm³/mol. The molecule has 1 aliphatic rings. The minimum Gasteiger partial charge on any atom is -0.475 e. The molecule has 0 bridgehead atoms. The van der Waals surface area contributed by atoms with Crippen LogP contribution in [0.5, 0.6) is 5.75 Å². The van der Waals surface area contributed by atoms with E-state index in [0.717, 1.165) is 10.9 Å². The minimum absolute atomic E-state index is 0.126. The summed E-state index contributed by atoms with van der Waals surface area (Å²) in [6.07, 6.45) is 3.03. The summed E-state index contributed by atoms with van der Waals surface area (Å²) in [7, 11) is 0. The number of benzene rings is 1. The van der Waals surface area contributed by atoms with Crippen molar-refractivity contribution in [1.82, 2.24) is 9.78 Å². The molecule has 1 aliphatic heterocycles. The summed E-state index contributed by atoms with van der Waals surface area (Å²) in [6.45, 7) is 0. The first-order valence-corrected chi connectivity index (χ1v) is 4.35. The highest BCUT2D eigenvalue weighted by molar-refractivity contribution is 5.94. The number of aromatic nitrogens is 2. The molecule has 0 radical (unpaired) electrons. The monoisotopic (exact) mass is 202 g/mol. The number of nitrogens with zero attached hydrogens (tertiary/aromatic N) is 2. The minimum atomic E-state index is -1.10. The number of hydrogen-bond donors (Lipinski definition) is 1. The van der Waals surface area contributed by atoms with Gasteiger partial charge in [0, 0.05) is 5.39 Å². The van der Waals surface area contributed by atoms with Crippen LogP contribution in [0.15, 0.2) is 30.2 Å². The van der Waals surface area contributed by atoms with Crippen LogP contribution in [0.1, 0.15) is 0 Å². The molecule has 3 rings (SSSR count). The fourth-order valence-electron chi connectivity index (χ4n) is 1.61. The van der Waals surface area contributed by atoms with Crippen LogP contribution in [0, 0.1) is 0 Å². The highest BCUT2D eigenvalue weighted by atomic mass is 16.5. The van der Waals surface area contributed by atoms with Crippen molar-refractivity contribution in [1.29, 1.82) is 0 Å². The highest BCUT2D eigenvalue weighted by Gasteiger charge is 2.19. The maximum atomic E-state index is 10.8. The van der Waals surface area contributed by atoms with Crippen molar-refractivity contribution < 1.29 is 14.6 Å². The van der Waals surface area contributed by atoms with E-state index in [1.165, 1.54) is 10.9 Å². The summed E-state index contributed by atoms with van der Waals surface area (Å²) in [6, 6.07) is 5.41. The van der Waals surface area contributed by atoms with Gasteiger partial charge in [-0.2, -0.15) is 5.10 Å². The van der Waals surface area contributed by atoms with Gasteiger partial charge in [0.2, 0.25) is 5.76 Å². The molecule has 1 N–H and O–H groups in total. The molecule has 1 aromatic carbocycles. The van der Waals surface area contributed by atoms with Crippen LogP contribution in [-0.4, -0.2) is 20.9 Å². The standard InChI is InChI=1S/C10H6N2O3/c13-10(14)8-5-12-9-6(4-11-12)2-1-3-7(9)15-8/h1-5H,(H,13,14). The summed E-state index contributed by atoms with van der Waals surface area (Å²) < 4.78 is 6.74. The topological polar surface area (TPSA) is 64.3 Å². The average molecular weight is 202 g/mol. The van der Waals surface area contributed by atoms with Gasteiger partial charge in [-0.05, 0) is 6.07 Å². The maximum Gasteiger partial charge on any atom is 0.373 e. The molecule has 5 heteroatoms. The first kappa shape index (κ1) is 8.05. The second kappa shape index (κ2) is 2.60. The fourth-order valence-corrected chi connectivity index (χ4v) is 1.61. The first-order chi connectivity index (χ1) is 7.25. The Balaban J connectivity index is 2.33. The van der Waals surface area contributed by atoms with Crippen molar-refractivity contribution in [2.75, 3.05) is 0 Å². The molecule has 0 fully saturated rings. The third-order valence-electron chi connectivity index (χ3n) is 2.25. The van der Waals surface area contributed by atoms with E-state index in [1.54, 1.807) is 18.3 Å². The Bertz CT molecular complexity index is 598. The number of para-hydroxylation sites is 1. The molecule has 0 atom stereocenters. The summed E-state index contributed by atoms with van der Waals surface area (Å²) in [5.74, 6) is -0.711. The summed E-state index contributed by atoms with van der Waals surface area (Å²) in [5.41, 5.74) is 0.794. The largest absolute Gasteiger partial charge is 0.475 e. The number of rotatable bonds is 1. The van der Waals surface area contributed by atoms with E-state index in [9.17, 15) is 4.79 Å². The molecule has 0 spiro atoms. The molecule has 1 aromatic heterocycles. The van der Waals surface area contributed by atoms with Crippen molar-refractivity contribution in [3.05, 3.63) is 30.2 Å². The molecule has 0 saturated carbocycles. The van der Waals surface area contributed by atoms with Gasteiger partial charge < -0.3 is 9.84 Å². The molecule has 0 unspecified atom stereocenters. The molecule has 15 heavy (non-hydrogen) atoms. The van der Waals surface area contributed by atoms with Crippen molar-refractivity contribution >= 4 is 23.1 Å². The van der Waals surface area contributed by atoms with Crippen LogP contribution < -0.4 is 4.74 Å². The Kier molecular flexibility index (Phi) is 1.39. The Hall–Kier alpha value is -2.30. The maximum absolute atomic E-state index is 10.8. The van der Waals surface area contributed by atoms with Gasteiger partial charge in [-0.15, -0.1) is 0 Å². The Morgan fingerprint density at radius 1 is 1.47 bits per heavy atom. The zero-order chi connectivity index (χ0) is 10.4. The smallest absolute Gasteiger partial charge is 0.373 e. The molecule has 2 aromatic rings. The van der Waals surface area contributed by atoms with E-state index in [1.807, 2.05) is 6.07 Å². The van der Waals surface area contributed by atoms with E-state index >= 15 is 0 Å². The van der Waals surface area contributed by atoms with Gasteiger partial charge in [0.15, 0.2) is 5.75 Å². The molecular formula is C10H6N2O3. The second-order valence-corrected chi connectivity index (χ2v) is 3.18. The van der Waals surface area contributed by atoms with E-state index in [4.69, 9.17) is 9.84 Å². The van der Waals surface area contributed by atoms with Crippen LogP contribution in [-0.2, 0) is 4.79 Å².